The zero-order valence-electron chi connectivity index (χ0n) is 37.8. The zero-order chi connectivity index (χ0) is 42.0. The largest absolute Gasteiger partial charge is 0.472 e. The highest BCUT2D eigenvalue weighted by Crippen LogP contribution is 2.43. The van der Waals surface area contributed by atoms with Crippen LogP contribution in [0, 0.1) is 0 Å². The summed E-state index contributed by atoms with van der Waals surface area (Å²) in [6, 6.07) is 0. The van der Waals surface area contributed by atoms with Gasteiger partial charge in [0.15, 0.2) is 0 Å². The van der Waals surface area contributed by atoms with Gasteiger partial charge in [0.25, 0.3) is 0 Å². The predicted octanol–water partition coefficient (Wildman–Crippen LogP) is 13.9. The van der Waals surface area contributed by atoms with Crippen LogP contribution in [-0.2, 0) is 27.9 Å². The standard InChI is InChI=1S/C48H90NO7P/c1-6-8-10-12-14-16-18-20-22-24-26-28-30-32-34-36-38-40-43-53-45-47(46-55-57(51,52)54-44-42-49(3,4)5)56-48(50)41-39-37-35-33-31-29-27-25-23-21-19-17-15-13-11-9-7-2/h14-17,20-23,47H,6-13,18-19,24-46H2,1-5H3/p+1/b16-14-,17-15-,22-20-,23-21-. The first-order valence-electron chi connectivity index (χ1n) is 23.4. The van der Waals surface area contributed by atoms with Crippen LogP contribution < -0.4 is 0 Å². The molecule has 0 aromatic heterocycles. The Morgan fingerprint density at radius 1 is 0.544 bits per heavy atom. The summed E-state index contributed by atoms with van der Waals surface area (Å²) < 4.78 is 35.1. The molecule has 0 saturated carbocycles. The second-order valence-electron chi connectivity index (χ2n) is 16.8. The second kappa shape index (κ2) is 41.2. The molecule has 0 aliphatic carbocycles. The third-order valence-corrected chi connectivity index (χ3v) is 10.8. The molecule has 57 heavy (non-hydrogen) atoms. The monoisotopic (exact) mass is 825 g/mol. The normalized spacial score (nSPS) is 14.1. The molecule has 0 heterocycles. The van der Waals surface area contributed by atoms with Gasteiger partial charge in [0.2, 0.25) is 0 Å². The lowest BCUT2D eigenvalue weighted by atomic mass is 10.1. The van der Waals surface area contributed by atoms with Gasteiger partial charge in [-0.05, 0) is 77.0 Å². The fourth-order valence-electron chi connectivity index (χ4n) is 6.20. The summed E-state index contributed by atoms with van der Waals surface area (Å²) in [4.78, 5) is 22.9. The van der Waals surface area contributed by atoms with Gasteiger partial charge in [-0.1, -0.05) is 159 Å². The molecule has 0 saturated heterocycles. The molecular formula is C48H91NO7P+. The maximum absolute atomic E-state index is 12.7. The summed E-state index contributed by atoms with van der Waals surface area (Å²) in [5, 5.41) is 0. The Morgan fingerprint density at radius 3 is 1.42 bits per heavy atom. The number of likely N-dealkylation sites (N-methyl/N-ethyl adjacent to an activating group) is 1. The minimum absolute atomic E-state index is 0.0844. The molecule has 0 amide bonds. The van der Waals surface area contributed by atoms with E-state index in [0.717, 1.165) is 51.4 Å². The Labute approximate surface area is 352 Å². The molecule has 0 aliphatic heterocycles. The molecule has 0 radical (unpaired) electrons. The molecule has 2 atom stereocenters. The number of hydrogen-bond donors (Lipinski definition) is 1. The van der Waals surface area contributed by atoms with Gasteiger partial charge in [-0.2, -0.15) is 0 Å². The van der Waals surface area contributed by atoms with Crippen molar-refractivity contribution in [3.63, 3.8) is 0 Å². The van der Waals surface area contributed by atoms with Crippen LogP contribution in [0.25, 0.3) is 0 Å². The summed E-state index contributed by atoms with van der Waals surface area (Å²) in [6.07, 6.45) is 49.9. The molecule has 0 aliphatic rings. The first-order chi connectivity index (χ1) is 27.6. The van der Waals surface area contributed by atoms with Gasteiger partial charge in [0.05, 0.1) is 34.4 Å². The SMILES string of the molecule is CCCCC/C=C\C/C=C\CCCCCCCCCCOCC(COP(=O)(O)OCC[N+](C)(C)C)OC(=O)CCCCCCCCC/C=C\C/C=C\CCCCC. The van der Waals surface area contributed by atoms with E-state index in [1.54, 1.807) is 0 Å². The number of esters is 1. The number of rotatable bonds is 43. The molecule has 1 N–H and O–H groups in total. The van der Waals surface area contributed by atoms with Crippen LogP contribution in [0.4, 0.5) is 0 Å². The number of ether oxygens (including phenoxy) is 2. The van der Waals surface area contributed by atoms with E-state index in [9.17, 15) is 14.3 Å². The molecule has 0 aromatic carbocycles. The minimum Gasteiger partial charge on any atom is -0.457 e. The van der Waals surface area contributed by atoms with E-state index in [1.807, 2.05) is 21.1 Å². The zero-order valence-corrected chi connectivity index (χ0v) is 38.7. The molecule has 0 rings (SSSR count). The predicted molar refractivity (Wildman–Crippen MR) is 243 cm³/mol. The van der Waals surface area contributed by atoms with Crippen molar-refractivity contribution in [1.82, 2.24) is 0 Å². The third kappa shape index (κ3) is 45.4. The number of phosphoric acid groups is 1. The van der Waals surface area contributed by atoms with Gasteiger partial charge < -0.3 is 18.9 Å². The minimum atomic E-state index is -4.28. The van der Waals surface area contributed by atoms with Crippen LogP contribution >= 0.6 is 7.82 Å². The van der Waals surface area contributed by atoms with E-state index in [2.05, 4.69) is 62.5 Å². The molecule has 8 nitrogen and oxygen atoms in total. The quantitative estimate of drug-likeness (QED) is 0.0215. The molecule has 0 aromatic rings. The molecule has 9 heteroatoms. The Hall–Kier alpha value is -1.54. The highest BCUT2D eigenvalue weighted by Gasteiger charge is 2.26. The Bertz CT molecular complexity index is 1050. The lowest BCUT2D eigenvalue weighted by molar-refractivity contribution is -0.870. The fraction of sp³-hybridized carbons (Fsp3) is 0.812. The van der Waals surface area contributed by atoms with Crippen LogP contribution in [-0.4, -0.2) is 75.6 Å². The van der Waals surface area contributed by atoms with Crippen LogP contribution in [0.15, 0.2) is 48.6 Å². The molecule has 0 fully saturated rings. The fourth-order valence-corrected chi connectivity index (χ4v) is 6.94. The number of allylic oxidation sites excluding steroid dienone is 8. The molecule has 2 unspecified atom stereocenters. The Morgan fingerprint density at radius 2 is 0.965 bits per heavy atom. The van der Waals surface area contributed by atoms with Crippen molar-refractivity contribution < 1.29 is 37.3 Å². The molecule has 334 valence electrons. The highest BCUT2D eigenvalue weighted by molar-refractivity contribution is 7.47. The van der Waals surface area contributed by atoms with Crippen molar-refractivity contribution in [1.29, 1.82) is 0 Å². The van der Waals surface area contributed by atoms with E-state index in [1.165, 1.54) is 122 Å². The molecular weight excluding hydrogens is 734 g/mol. The lowest BCUT2D eigenvalue weighted by Gasteiger charge is -2.24. The van der Waals surface area contributed by atoms with Crippen LogP contribution in [0.2, 0.25) is 0 Å². The highest BCUT2D eigenvalue weighted by atomic mass is 31.2. The van der Waals surface area contributed by atoms with E-state index < -0.39 is 13.9 Å². The van der Waals surface area contributed by atoms with Gasteiger partial charge in [0.1, 0.15) is 19.3 Å². The van der Waals surface area contributed by atoms with Gasteiger partial charge >= 0.3 is 13.8 Å². The van der Waals surface area contributed by atoms with Crippen molar-refractivity contribution in [3.05, 3.63) is 48.6 Å². The van der Waals surface area contributed by atoms with Crippen molar-refractivity contribution >= 4 is 13.8 Å². The van der Waals surface area contributed by atoms with E-state index in [0.29, 0.717) is 24.1 Å². The van der Waals surface area contributed by atoms with Crippen LogP contribution in [0.3, 0.4) is 0 Å². The molecule has 0 spiro atoms. The number of hydrogen-bond acceptors (Lipinski definition) is 6. The van der Waals surface area contributed by atoms with Crippen molar-refractivity contribution in [2.24, 2.45) is 0 Å². The summed E-state index contributed by atoms with van der Waals surface area (Å²) in [7, 11) is 1.65. The van der Waals surface area contributed by atoms with E-state index in [4.69, 9.17) is 18.5 Å². The van der Waals surface area contributed by atoms with Crippen molar-refractivity contribution in [2.75, 3.05) is 54.1 Å². The topological polar surface area (TPSA) is 91.3 Å². The Balaban J connectivity index is 4.23. The summed E-state index contributed by atoms with van der Waals surface area (Å²) >= 11 is 0. The number of carbonyl (C=O) groups is 1. The Kier molecular flexibility index (Phi) is 40.1. The smallest absolute Gasteiger partial charge is 0.457 e. The summed E-state index contributed by atoms with van der Waals surface area (Å²) in [5.41, 5.74) is 0. The number of nitrogens with zero attached hydrogens (tertiary/aromatic N) is 1. The van der Waals surface area contributed by atoms with Crippen molar-refractivity contribution in [3.8, 4) is 0 Å². The van der Waals surface area contributed by atoms with Gasteiger partial charge in [0, 0.05) is 13.0 Å². The van der Waals surface area contributed by atoms with Gasteiger partial charge in [-0.3, -0.25) is 13.8 Å². The lowest BCUT2D eigenvalue weighted by Crippen LogP contribution is -2.37. The second-order valence-corrected chi connectivity index (χ2v) is 18.2. The first kappa shape index (κ1) is 55.5. The number of phosphoric ester groups is 1. The van der Waals surface area contributed by atoms with Gasteiger partial charge in [-0.25, -0.2) is 4.57 Å². The first-order valence-corrected chi connectivity index (χ1v) is 24.9. The number of quaternary nitrogens is 1. The maximum Gasteiger partial charge on any atom is 0.472 e. The average molecular weight is 825 g/mol. The summed E-state index contributed by atoms with van der Waals surface area (Å²) in [6.45, 7) is 5.56. The summed E-state index contributed by atoms with van der Waals surface area (Å²) in [5.74, 6) is -0.324. The van der Waals surface area contributed by atoms with E-state index >= 15 is 0 Å². The van der Waals surface area contributed by atoms with Gasteiger partial charge in [-0.15, -0.1) is 0 Å². The molecule has 0 bridgehead atoms. The third-order valence-electron chi connectivity index (χ3n) is 9.86. The van der Waals surface area contributed by atoms with Crippen molar-refractivity contribution in [2.45, 2.75) is 200 Å². The number of unbranched alkanes of at least 4 members (excludes halogenated alkanes) is 21. The maximum atomic E-state index is 12.7. The average Bonchev–Trinajstić information content (AvgIpc) is 3.16. The number of carbonyl (C=O) groups excluding carboxylic acids is 1. The van der Waals surface area contributed by atoms with Crippen LogP contribution in [0.1, 0.15) is 194 Å². The van der Waals surface area contributed by atoms with Crippen LogP contribution in [0.5, 0.6) is 0 Å². The van der Waals surface area contributed by atoms with E-state index in [-0.39, 0.29) is 25.8 Å².